The van der Waals surface area contributed by atoms with Crippen molar-refractivity contribution in [3.63, 3.8) is 0 Å². The fourth-order valence-electron chi connectivity index (χ4n) is 1.46. The third kappa shape index (κ3) is 6.05. The van der Waals surface area contributed by atoms with Crippen LogP contribution < -0.4 is 5.32 Å². The molecule has 0 heterocycles. The molecular formula is C11H25NO. The predicted molar refractivity (Wildman–Crippen MR) is 57.8 cm³/mol. The summed E-state index contributed by atoms with van der Waals surface area (Å²) in [5, 5.41) is 12.5. The lowest BCUT2D eigenvalue weighted by Gasteiger charge is -2.22. The van der Waals surface area contributed by atoms with Crippen LogP contribution in [0.5, 0.6) is 0 Å². The number of hydrogen-bond acceptors (Lipinski definition) is 2. The van der Waals surface area contributed by atoms with Crippen molar-refractivity contribution < 1.29 is 5.11 Å². The summed E-state index contributed by atoms with van der Waals surface area (Å²) in [6.07, 6.45) is 2.51. The van der Waals surface area contributed by atoms with Crippen molar-refractivity contribution in [2.75, 3.05) is 13.2 Å². The molecule has 0 aliphatic heterocycles. The van der Waals surface area contributed by atoms with E-state index in [1.54, 1.807) is 0 Å². The van der Waals surface area contributed by atoms with Crippen molar-refractivity contribution >= 4 is 0 Å². The molecule has 2 heteroatoms. The van der Waals surface area contributed by atoms with E-state index in [1.807, 2.05) is 0 Å². The van der Waals surface area contributed by atoms with Gasteiger partial charge in [-0.2, -0.15) is 0 Å². The number of nitrogens with one attached hydrogen (secondary N) is 1. The largest absolute Gasteiger partial charge is 0.395 e. The highest BCUT2D eigenvalue weighted by molar-refractivity contribution is 4.70. The van der Waals surface area contributed by atoms with E-state index < -0.39 is 0 Å². The minimum absolute atomic E-state index is 0.247. The van der Waals surface area contributed by atoms with Crippen LogP contribution in [0, 0.1) is 11.8 Å². The van der Waals surface area contributed by atoms with Crippen molar-refractivity contribution in [1.82, 2.24) is 5.32 Å². The molecule has 2 unspecified atom stereocenters. The normalized spacial score (nSPS) is 16.2. The summed E-state index contributed by atoms with van der Waals surface area (Å²) < 4.78 is 0. The maximum absolute atomic E-state index is 9.08. The van der Waals surface area contributed by atoms with Crippen LogP contribution in [0.3, 0.4) is 0 Å². The van der Waals surface area contributed by atoms with Gasteiger partial charge in [0.15, 0.2) is 0 Å². The molecule has 0 saturated heterocycles. The van der Waals surface area contributed by atoms with Crippen LogP contribution in [-0.4, -0.2) is 24.3 Å². The third-order valence-electron chi connectivity index (χ3n) is 2.51. The molecule has 13 heavy (non-hydrogen) atoms. The number of rotatable bonds is 7. The molecule has 0 aliphatic rings. The number of aliphatic hydroxyl groups excluding tert-OH is 1. The molecule has 0 aromatic carbocycles. The summed E-state index contributed by atoms with van der Waals surface area (Å²) in [6, 6.07) is 0.263. The maximum Gasteiger partial charge on any atom is 0.0587 e. The standard InChI is InChI=1S/C11H25NO/c1-5-6-10(4)7-12-11(8-13)9(2)3/h9-13H,5-8H2,1-4H3. The monoisotopic (exact) mass is 187 g/mol. The van der Waals surface area contributed by atoms with E-state index in [2.05, 4.69) is 33.0 Å². The highest BCUT2D eigenvalue weighted by atomic mass is 16.3. The Morgan fingerprint density at radius 3 is 2.23 bits per heavy atom. The van der Waals surface area contributed by atoms with Gasteiger partial charge in [-0.15, -0.1) is 0 Å². The minimum Gasteiger partial charge on any atom is -0.395 e. The van der Waals surface area contributed by atoms with Crippen LogP contribution >= 0.6 is 0 Å². The van der Waals surface area contributed by atoms with Crippen LogP contribution in [0.1, 0.15) is 40.5 Å². The summed E-state index contributed by atoms with van der Waals surface area (Å²) in [5.74, 6) is 1.23. The number of hydrogen-bond donors (Lipinski definition) is 2. The molecule has 0 aromatic rings. The van der Waals surface area contributed by atoms with Gasteiger partial charge in [0.25, 0.3) is 0 Å². The van der Waals surface area contributed by atoms with Crippen molar-refractivity contribution in [2.24, 2.45) is 11.8 Å². The van der Waals surface area contributed by atoms with Gasteiger partial charge in [0.1, 0.15) is 0 Å². The van der Waals surface area contributed by atoms with Gasteiger partial charge >= 0.3 is 0 Å². The van der Waals surface area contributed by atoms with Gasteiger partial charge < -0.3 is 10.4 Å². The molecule has 0 spiro atoms. The van der Waals surface area contributed by atoms with Crippen molar-refractivity contribution in [3.05, 3.63) is 0 Å². The van der Waals surface area contributed by atoms with Crippen LogP contribution in [0.2, 0.25) is 0 Å². The predicted octanol–water partition coefficient (Wildman–Crippen LogP) is 2.03. The summed E-state index contributed by atoms with van der Waals surface area (Å²) in [6.45, 7) is 10.0. The first-order valence-corrected chi connectivity index (χ1v) is 5.46. The Hall–Kier alpha value is -0.0800. The second-order valence-electron chi connectivity index (χ2n) is 4.34. The Bertz CT molecular complexity index is 115. The molecular weight excluding hydrogens is 162 g/mol. The molecule has 0 rings (SSSR count). The zero-order chi connectivity index (χ0) is 10.3. The highest BCUT2D eigenvalue weighted by Crippen LogP contribution is 2.05. The van der Waals surface area contributed by atoms with E-state index in [-0.39, 0.29) is 12.6 Å². The van der Waals surface area contributed by atoms with Crippen LogP contribution in [0.4, 0.5) is 0 Å². The first-order chi connectivity index (χ1) is 6.11. The van der Waals surface area contributed by atoms with Gasteiger partial charge in [-0.05, 0) is 24.8 Å². The Morgan fingerprint density at radius 1 is 1.23 bits per heavy atom. The lowest BCUT2D eigenvalue weighted by Crippen LogP contribution is -2.39. The van der Waals surface area contributed by atoms with Crippen molar-refractivity contribution in [3.8, 4) is 0 Å². The lowest BCUT2D eigenvalue weighted by atomic mass is 10.0. The first-order valence-electron chi connectivity index (χ1n) is 5.46. The van der Waals surface area contributed by atoms with Crippen LogP contribution in [0.25, 0.3) is 0 Å². The number of aliphatic hydroxyl groups is 1. The Balaban J connectivity index is 3.59. The Labute approximate surface area is 82.7 Å². The van der Waals surface area contributed by atoms with E-state index in [0.717, 1.165) is 12.5 Å². The average Bonchev–Trinajstić information content (AvgIpc) is 2.05. The second-order valence-corrected chi connectivity index (χ2v) is 4.34. The highest BCUT2D eigenvalue weighted by Gasteiger charge is 2.11. The molecule has 2 nitrogen and oxygen atoms in total. The summed E-state index contributed by atoms with van der Waals surface area (Å²) in [4.78, 5) is 0. The lowest BCUT2D eigenvalue weighted by molar-refractivity contribution is 0.205. The van der Waals surface area contributed by atoms with E-state index in [4.69, 9.17) is 5.11 Å². The molecule has 0 saturated carbocycles. The summed E-state index contributed by atoms with van der Waals surface area (Å²) in [5.41, 5.74) is 0. The van der Waals surface area contributed by atoms with Gasteiger partial charge in [-0.3, -0.25) is 0 Å². The minimum atomic E-state index is 0.247. The molecule has 2 atom stereocenters. The summed E-state index contributed by atoms with van der Waals surface area (Å²) in [7, 11) is 0. The van der Waals surface area contributed by atoms with Crippen molar-refractivity contribution in [2.45, 2.75) is 46.6 Å². The SMILES string of the molecule is CCCC(C)CNC(CO)C(C)C. The third-order valence-corrected chi connectivity index (χ3v) is 2.51. The van der Waals surface area contributed by atoms with Gasteiger partial charge in [0.05, 0.1) is 6.61 Å². The average molecular weight is 187 g/mol. The molecule has 0 radical (unpaired) electrons. The molecule has 0 fully saturated rings. The van der Waals surface area contributed by atoms with Gasteiger partial charge in [-0.1, -0.05) is 34.1 Å². The van der Waals surface area contributed by atoms with E-state index >= 15 is 0 Å². The fraction of sp³-hybridized carbons (Fsp3) is 1.00. The molecule has 0 amide bonds. The van der Waals surface area contributed by atoms with E-state index in [1.165, 1.54) is 12.8 Å². The van der Waals surface area contributed by atoms with E-state index in [0.29, 0.717) is 5.92 Å². The van der Waals surface area contributed by atoms with Crippen LogP contribution in [0.15, 0.2) is 0 Å². The molecule has 80 valence electrons. The molecule has 0 bridgehead atoms. The molecule has 0 aromatic heterocycles. The van der Waals surface area contributed by atoms with Crippen LogP contribution in [-0.2, 0) is 0 Å². The van der Waals surface area contributed by atoms with Gasteiger partial charge in [0, 0.05) is 6.04 Å². The summed E-state index contributed by atoms with van der Waals surface area (Å²) >= 11 is 0. The Kier molecular flexibility index (Phi) is 7.29. The smallest absolute Gasteiger partial charge is 0.0587 e. The van der Waals surface area contributed by atoms with Crippen molar-refractivity contribution in [1.29, 1.82) is 0 Å². The first kappa shape index (κ1) is 12.9. The van der Waals surface area contributed by atoms with Gasteiger partial charge in [-0.25, -0.2) is 0 Å². The molecule has 2 N–H and O–H groups in total. The Morgan fingerprint density at radius 2 is 1.85 bits per heavy atom. The zero-order valence-corrected chi connectivity index (χ0v) is 9.51. The fourth-order valence-corrected chi connectivity index (χ4v) is 1.46. The topological polar surface area (TPSA) is 32.3 Å². The van der Waals surface area contributed by atoms with E-state index in [9.17, 15) is 0 Å². The quantitative estimate of drug-likeness (QED) is 0.639. The molecule has 0 aliphatic carbocycles. The zero-order valence-electron chi connectivity index (χ0n) is 9.51. The maximum atomic E-state index is 9.08. The second kappa shape index (κ2) is 7.34. The van der Waals surface area contributed by atoms with Gasteiger partial charge in [0.2, 0.25) is 0 Å².